The molecule has 1 saturated heterocycles. The second-order valence-electron chi connectivity index (χ2n) is 5.74. The number of anilines is 1. The number of carbonyl (C=O) groups excluding carboxylic acids is 1. The zero-order valence-corrected chi connectivity index (χ0v) is 14.8. The smallest absolute Gasteiger partial charge is 0.230 e. The van der Waals surface area contributed by atoms with Crippen LogP contribution < -0.4 is 10.6 Å². The summed E-state index contributed by atoms with van der Waals surface area (Å²) in [5.74, 6) is 0.509. The average Bonchev–Trinajstić information content (AvgIpc) is 3.26. The highest BCUT2D eigenvalue weighted by Gasteiger charge is 2.23. The van der Waals surface area contributed by atoms with E-state index < -0.39 is 0 Å². The summed E-state index contributed by atoms with van der Waals surface area (Å²) in [5.41, 5.74) is 0. The van der Waals surface area contributed by atoms with Crippen LogP contribution in [-0.2, 0) is 9.53 Å². The van der Waals surface area contributed by atoms with Gasteiger partial charge in [0.2, 0.25) is 11.0 Å². The maximum Gasteiger partial charge on any atom is 0.230 e. The van der Waals surface area contributed by atoms with Crippen molar-refractivity contribution >= 4 is 34.1 Å². The monoisotopic (exact) mass is 357 g/mol. The van der Waals surface area contributed by atoms with Crippen LogP contribution in [0.1, 0.15) is 19.3 Å². The standard InChI is InChI=1S/C14H23N5O2S2/c20-12(16-11-2-3-11)10-22-14-18-17-13(23-14)15-4-1-5-19-6-8-21-9-7-19/h11H,1-10H2,(H,15,17)(H,16,20). The molecule has 0 unspecified atom stereocenters. The van der Waals surface area contributed by atoms with E-state index in [1.807, 2.05) is 0 Å². The van der Waals surface area contributed by atoms with E-state index >= 15 is 0 Å². The Morgan fingerprint density at radius 2 is 2.17 bits per heavy atom. The number of nitrogens with zero attached hydrogens (tertiary/aromatic N) is 3. The van der Waals surface area contributed by atoms with Gasteiger partial charge in [-0.3, -0.25) is 9.69 Å². The van der Waals surface area contributed by atoms with E-state index in [9.17, 15) is 4.79 Å². The quantitative estimate of drug-likeness (QED) is 0.505. The molecule has 0 spiro atoms. The number of morpholine rings is 1. The van der Waals surface area contributed by atoms with Gasteiger partial charge in [-0.15, -0.1) is 10.2 Å². The summed E-state index contributed by atoms with van der Waals surface area (Å²) in [6, 6.07) is 0.418. The van der Waals surface area contributed by atoms with Gasteiger partial charge >= 0.3 is 0 Å². The third-order valence-electron chi connectivity index (χ3n) is 3.71. The van der Waals surface area contributed by atoms with Crippen molar-refractivity contribution in [1.82, 2.24) is 20.4 Å². The Bertz CT molecular complexity index is 503. The minimum atomic E-state index is 0.0905. The van der Waals surface area contributed by atoms with E-state index in [2.05, 4.69) is 25.7 Å². The highest BCUT2D eigenvalue weighted by molar-refractivity contribution is 8.01. The van der Waals surface area contributed by atoms with E-state index in [-0.39, 0.29) is 5.91 Å². The zero-order valence-electron chi connectivity index (χ0n) is 13.1. The van der Waals surface area contributed by atoms with Crippen LogP contribution in [0, 0.1) is 0 Å². The molecular formula is C14H23N5O2S2. The van der Waals surface area contributed by atoms with Crippen molar-refractivity contribution in [3.63, 3.8) is 0 Å². The van der Waals surface area contributed by atoms with Crippen molar-refractivity contribution in [2.45, 2.75) is 29.6 Å². The predicted molar refractivity (Wildman–Crippen MR) is 92.2 cm³/mol. The second kappa shape index (κ2) is 8.81. The summed E-state index contributed by atoms with van der Waals surface area (Å²) in [4.78, 5) is 14.1. The molecule has 1 aromatic heterocycles. The Hall–Kier alpha value is -0.900. The van der Waals surface area contributed by atoms with Gasteiger partial charge < -0.3 is 15.4 Å². The topological polar surface area (TPSA) is 79.4 Å². The summed E-state index contributed by atoms with van der Waals surface area (Å²) >= 11 is 2.96. The molecule has 0 bridgehead atoms. The van der Waals surface area contributed by atoms with Gasteiger partial charge in [0.25, 0.3) is 0 Å². The summed E-state index contributed by atoms with van der Waals surface area (Å²) in [7, 11) is 0. The molecule has 2 heterocycles. The highest BCUT2D eigenvalue weighted by Crippen LogP contribution is 2.25. The first-order valence-corrected chi connectivity index (χ1v) is 9.89. The predicted octanol–water partition coefficient (Wildman–Crippen LogP) is 1.04. The first-order valence-electron chi connectivity index (χ1n) is 8.09. The molecule has 0 radical (unpaired) electrons. The largest absolute Gasteiger partial charge is 0.379 e. The van der Waals surface area contributed by atoms with Crippen molar-refractivity contribution < 1.29 is 9.53 Å². The lowest BCUT2D eigenvalue weighted by Gasteiger charge is -2.26. The molecule has 1 amide bonds. The van der Waals surface area contributed by atoms with Crippen LogP contribution in [-0.4, -0.2) is 72.2 Å². The lowest BCUT2D eigenvalue weighted by Crippen LogP contribution is -2.37. The third kappa shape index (κ3) is 6.25. The van der Waals surface area contributed by atoms with E-state index in [1.165, 1.54) is 23.1 Å². The fourth-order valence-corrected chi connectivity index (χ4v) is 3.88. The fourth-order valence-electron chi connectivity index (χ4n) is 2.29. The number of amides is 1. The molecule has 1 aromatic rings. The minimum absolute atomic E-state index is 0.0905. The number of carbonyl (C=O) groups is 1. The van der Waals surface area contributed by atoms with E-state index in [0.717, 1.165) is 68.1 Å². The van der Waals surface area contributed by atoms with Crippen LogP contribution in [0.15, 0.2) is 4.34 Å². The number of ether oxygens (including phenoxy) is 1. The SMILES string of the molecule is O=C(CSc1nnc(NCCCN2CCOCC2)s1)NC1CC1. The van der Waals surface area contributed by atoms with E-state index in [0.29, 0.717) is 11.8 Å². The van der Waals surface area contributed by atoms with Gasteiger partial charge in [0.1, 0.15) is 0 Å². The van der Waals surface area contributed by atoms with Crippen molar-refractivity contribution in [2.75, 3.05) is 50.5 Å². The molecule has 9 heteroatoms. The first-order chi connectivity index (χ1) is 11.3. The van der Waals surface area contributed by atoms with Gasteiger partial charge in [-0.25, -0.2) is 0 Å². The molecule has 1 aliphatic heterocycles. The summed E-state index contributed by atoms with van der Waals surface area (Å²) in [6.07, 6.45) is 3.31. The van der Waals surface area contributed by atoms with Crippen LogP contribution >= 0.6 is 23.1 Å². The molecule has 0 aromatic carbocycles. The van der Waals surface area contributed by atoms with Crippen molar-refractivity contribution in [3.8, 4) is 0 Å². The molecule has 128 valence electrons. The van der Waals surface area contributed by atoms with E-state index in [4.69, 9.17) is 4.74 Å². The molecule has 2 fully saturated rings. The van der Waals surface area contributed by atoms with Crippen LogP contribution in [0.4, 0.5) is 5.13 Å². The van der Waals surface area contributed by atoms with Crippen molar-refractivity contribution in [3.05, 3.63) is 0 Å². The number of rotatable bonds is 9. The Morgan fingerprint density at radius 1 is 1.35 bits per heavy atom. The number of aromatic nitrogens is 2. The molecule has 3 rings (SSSR count). The van der Waals surface area contributed by atoms with Gasteiger partial charge in [-0.1, -0.05) is 23.1 Å². The van der Waals surface area contributed by atoms with Gasteiger partial charge in [0, 0.05) is 25.7 Å². The van der Waals surface area contributed by atoms with Gasteiger partial charge in [0.15, 0.2) is 4.34 Å². The van der Waals surface area contributed by atoms with Gasteiger partial charge in [0.05, 0.1) is 19.0 Å². The average molecular weight is 358 g/mol. The molecule has 7 nitrogen and oxygen atoms in total. The maximum atomic E-state index is 11.6. The van der Waals surface area contributed by atoms with Crippen molar-refractivity contribution in [1.29, 1.82) is 0 Å². The lowest BCUT2D eigenvalue weighted by atomic mass is 10.3. The molecule has 2 N–H and O–H groups in total. The van der Waals surface area contributed by atoms with Crippen LogP contribution in [0.5, 0.6) is 0 Å². The van der Waals surface area contributed by atoms with Crippen molar-refractivity contribution in [2.24, 2.45) is 0 Å². The number of nitrogens with one attached hydrogen (secondary N) is 2. The molecule has 23 heavy (non-hydrogen) atoms. The molecule has 1 aliphatic carbocycles. The Balaban J connectivity index is 1.28. The van der Waals surface area contributed by atoms with Gasteiger partial charge in [-0.2, -0.15) is 0 Å². The van der Waals surface area contributed by atoms with Crippen LogP contribution in [0.2, 0.25) is 0 Å². The number of hydrogen-bond acceptors (Lipinski definition) is 8. The third-order valence-corrected chi connectivity index (χ3v) is 5.72. The van der Waals surface area contributed by atoms with E-state index in [1.54, 1.807) is 0 Å². The minimum Gasteiger partial charge on any atom is -0.379 e. The molecule has 1 saturated carbocycles. The maximum absolute atomic E-state index is 11.6. The molecular weight excluding hydrogens is 334 g/mol. The Labute approximate surface area is 144 Å². The van der Waals surface area contributed by atoms with Crippen LogP contribution in [0.25, 0.3) is 0 Å². The normalized spacial score (nSPS) is 18.8. The lowest BCUT2D eigenvalue weighted by molar-refractivity contribution is -0.118. The molecule has 0 atom stereocenters. The zero-order chi connectivity index (χ0) is 15.9. The van der Waals surface area contributed by atoms with Crippen LogP contribution in [0.3, 0.4) is 0 Å². The fraction of sp³-hybridized carbons (Fsp3) is 0.786. The first kappa shape index (κ1) is 16.9. The summed E-state index contributed by atoms with van der Waals surface area (Å²) < 4.78 is 6.18. The number of thioether (sulfide) groups is 1. The number of hydrogen-bond donors (Lipinski definition) is 2. The Kier molecular flexibility index (Phi) is 6.49. The summed E-state index contributed by atoms with van der Waals surface area (Å²) in [5, 5.41) is 15.3. The summed E-state index contributed by atoms with van der Waals surface area (Å²) in [6.45, 7) is 5.72. The molecule has 2 aliphatic rings. The van der Waals surface area contributed by atoms with Gasteiger partial charge in [-0.05, 0) is 25.8 Å². The Morgan fingerprint density at radius 3 is 2.96 bits per heavy atom. The second-order valence-corrected chi connectivity index (χ2v) is 7.94. The highest BCUT2D eigenvalue weighted by atomic mass is 32.2.